The Bertz CT molecular complexity index is 340. The average Bonchev–Trinajstić information content (AvgIpc) is 2.16. The second-order valence-corrected chi connectivity index (χ2v) is 3.77. The Morgan fingerprint density at radius 3 is 3.00 bits per heavy atom. The lowest BCUT2D eigenvalue weighted by Gasteiger charge is -2.27. The number of hydrogen-bond donors (Lipinski definition) is 1. The van der Waals surface area contributed by atoms with Gasteiger partial charge in [0.25, 0.3) is 0 Å². The van der Waals surface area contributed by atoms with Gasteiger partial charge < -0.3 is 10.1 Å². The third-order valence-electron chi connectivity index (χ3n) is 2.53. The molecule has 0 radical (unpaired) electrons. The Balaban J connectivity index is 0.00000128. The quantitative estimate of drug-likeness (QED) is 0.800. The first kappa shape index (κ1) is 13.0. The van der Waals surface area contributed by atoms with Crippen molar-refractivity contribution in [3.8, 4) is 5.75 Å². The van der Waals surface area contributed by atoms with Crippen LogP contribution in [0.1, 0.15) is 12.0 Å². The van der Waals surface area contributed by atoms with Gasteiger partial charge in [-0.15, -0.1) is 19.0 Å². The molecule has 1 aliphatic rings. The van der Waals surface area contributed by atoms with E-state index < -0.39 is 0 Å². The molecule has 88 valence electrons. The molecule has 1 atom stereocenters. The summed E-state index contributed by atoms with van der Waals surface area (Å²) in [6.07, 6.45) is 7.52. The van der Waals surface area contributed by atoms with Gasteiger partial charge in [0.15, 0.2) is 0 Å². The van der Waals surface area contributed by atoms with Crippen molar-refractivity contribution in [2.45, 2.75) is 18.9 Å². The molecule has 1 aliphatic heterocycles. The summed E-state index contributed by atoms with van der Waals surface area (Å²) < 4.78 is 5.64. The highest BCUT2D eigenvalue weighted by molar-refractivity contribution is 5.85. The second kappa shape index (κ2) is 6.51. The molecule has 1 saturated heterocycles. The molecule has 0 amide bonds. The highest BCUT2D eigenvalue weighted by Gasteiger charge is 2.16. The molecule has 1 fully saturated rings. The summed E-state index contributed by atoms with van der Waals surface area (Å²) in [6.45, 7) is 5.55. The van der Waals surface area contributed by atoms with Crippen LogP contribution >= 0.6 is 12.4 Å². The van der Waals surface area contributed by atoms with Crippen molar-refractivity contribution in [1.82, 2.24) is 10.3 Å². The van der Waals surface area contributed by atoms with Crippen molar-refractivity contribution >= 4 is 12.4 Å². The van der Waals surface area contributed by atoms with Crippen molar-refractivity contribution < 1.29 is 4.74 Å². The van der Waals surface area contributed by atoms with Crippen molar-refractivity contribution in [1.29, 1.82) is 0 Å². The van der Waals surface area contributed by atoms with Gasteiger partial charge in [-0.05, 0) is 31.0 Å². The predicted octanol–water partition coefficient (Wildman–Crippen LogP) is 1.97. The van der Waals surface area contributed by atoms with Gasteiger partial charge in [0.2, 0.25) is 0 Å². The van der Waals surface area contributed by atoms with E-state index in [1.165, 1.54) is 6.42 Å². The minimum Gasteiger partial charge on any atom is -0.490 e. The zero-order valence-corrected chi connectivity index (χ0v) is 10.0. The predicted molar refractivity (Wildman–Crippen MR) is 67.3 cm³/mol. The van der Waals surface area contributed by atoms with Crippen molar-refractivity contribution in [3.63, 3.8) is 0 Å². The number of pyridine rings is 1. The number of aromatic nitrogens is 1. The lowest BCUT2D eigenvalue weighted by molar-refractivity contribution is 0.217. The van der Waals surface area contributed by atoms with Crippen molar-refractivity contribution in [3.05, 3.63) is 36.7 Å². The highest BCUT2D eigenvalue weighted by Crippen LogP contribution is 2.13. The minimum atomic E-state index is 0. The molecule has 1 N–H and O–H groups in total. The van der Waals surface area contributed by atoms with Crippen LogP contribution in [0.2, 0.25) is 0 Å². The average molecular weight is 241 g/mol. The largest absolute Gasteiger partial charge is 0.490 e. The standard InChI is InChI=1S/C12H16N2O.ClH/c1-2-3-10-6-12(8-13-7-10)15-9-11-4-5-14-11;/h2,6-8,11,14H,1,3-5,9H2;1H/t11-;/m0./s1. The second-order valence-electron chi connectivity index (χ2n) is 3.77. The molecule has 0 bridgehead atoms. The lowest BCUT2D eigenvalue weighted by atomic mass is 10.1. The normalized spacial score (nSPS) is 18.1. The number of ether oxygens (including phenoxy) is 1. The first-order chi connectivity index (χ1) is 7.38. The third kappa shape index (κ3) is 3.51. The Hall–Kier alpha value is -1.06. The van der Waals surface area contributed by atoms with Crippen LogP contribution in [0.3, 0.4) is 0 Å². The molecular weight excluding hydrogens is 224 g/mol. The third-order valence-corrected chi connectivity index (χ3v) is 2.53. The van der Waals surface area contributed by atoms with Gasteiger partial charge in [-0.1, -0.05) is 6.08 Å². The van der Waals surface area contributed by atoms with E-state index in [1.54, 1.807) is 6.20 Å². The number of halogens is 1. The number of allylic oxidation sites excluding steroid dienone is 1. The van der Waals surface area contributed by atoms with Gasteiger partial charge in [0.1, 0.15) is 12.4 Å². The fourth-order valence-corrected chi connectivity index (χ4v) is 1.51. The van der Waals surface area contributed by atoms with Crippen LogP contribution in [0.4, 0.5) is 0 Å². The molecule has 0 spiro atoms. The zero-order chi connectivity index (χ0) is 10.5. The van der Waals surface area contributed by atoms with E-state index in [1.807, 2.05) is 18.3 Å². The van der Waals surface area contributed by atoms with Crippen LogP contribution in [0, 0.1) is 0 Å². The minimum absolute atomic E-state index is 0. The number of hydrogen-bond acceptors (Lipinski definition) is 3. The van der Waals surface area contributed by atoms with Crippen LogP contribution in [0.25, 0.3) is 0 Å². The Kier molecular flexibility index (Phi) is 5.29. The Morgan fingerprint density at radius 2 is 2.38 bits per heavy atom. The van der Waals surface area contributed by atoms with Crippen molar-refractivity contribution in [2.24, 2.45) is 0 Å². The maximum absolute atomic E-state index is 5.64. The van der Waals surface area contributed by atoms with Gasteiger partial charge in [-0.3, -0.25) is 4.98 Å². The first-order valence-electron chi connectivity index (χ1n) is 5.29. The van der Waals surface area contributed by atoms with Gasteiger partial charge >= 0.3 is 0 Å². The monoisotopic (exact) mass is 240 g/mol. The molecular formula is C12H17ClN2O. The molecule has 0 aromatic carbocycles. The summed E-state index contributed by atoms with van der Waals surface area (Å²) in [5.74, 6) is 0.850. The Morgan fingerprint density at radius 1 is 1.56 bits per heavy atom. The summed E-state index contributed by atoms with van der Waals surface area (Å²) in [5.41, 5.74) is 1.14. The fraction of sp³-hybridized carbons (Fsp3) is 0.417. The summed E-state index contributed by atoms with van der Waals surface area (Å²) in [4.78, 5) is 4.13. The number of rotatable bonds is 5. The molecule has 0 saturated carbocycles. The fourth-order valence-electron chi connectivity index (χ4n) is 1.51. The Labute approximate surface area is 102 Å². The van der Waals surface area contributed by atoms with E-state index >= 15 is 0 Å². The molecule has 16 heavy (non-hydrogen) atoms. The molecule has 3 nitrogen and oxygen atoms in total. The van der Waals surface area contributed by atoms with Crippen LogP contribution in [0.5, 0.6) is 5.75 Å². The molecule has 1 aromatic rings. The van der Waals surface area contributed by atoms with E-state index in [9.17, 15) is 0 Å². The van der Waals surface area contributed by atoms with Crippen LogP contribution in [-0.2, 0) is 6.42 Å². The summed E-state index contributed by atoms with van der Waals surface area (Å²) in [6, 6.07) is 2.54. The van der Waals surface area contributed by atoms with Gasteiger partial charge in [-0.2, -0.15) is 0 Å². The van der Waals surface area contributed by atoms with Gasteiger partial charge in [0, 0.05) is 12.2 Å². The molecule has 0 unspecified atom stereocenters. The topological polar surface area (TPSA) is 34.1 Å². The molecule has 1 aromatic heterocycles. The highest BCUT2D eigenvalue weighted by atomic mass is 35.5. The number of nitrogens with one attached hydrogen (secondary N) is 1. The zero-order valence-electron chi connectivity index (χ0n) is 9.19. The van der Waals surface area contributed by atoms with Crippen LogP contribution in [-0.4, -0.2) is 24.2 Å². The van der Waals surface area contributed by atoms with Gasteiger partial charge in [0.05, 0.1) is 6.20 Å². The lowest BCUT2D eigenvalue weighted by Crippen LogP contribution is -2.46. The molecule has 4 heteroatoms. The van der Waals surface area contributed by atoms with E-state index in [4.69, 9.17) is 4.74 Å². The number of nitrogens with zero attached hydrogens (tertiary/aromatic N) is 1. The first-order valence-corrected chi connectivity index (χ1v) is 5.29. The maximum Gasteiger partial charge on any atom is 0.137 e. The summed E-state index contributed by atoms with van der Waals surface area (Å²) >= 11 is 0. The van der Waals surface area contributed by atoms with E-state index in [-0.39, 0.29) is 12.4 Å². The van der Waals surface area contributed by atoms with Crippen molar-refractivity contribution in [2.75, 3.05) is 13.2 Å². The maximum atomic E-state index is 5.64. The molecule has 2 heterocycles. The van der Waals surface area contributed by atoms with E-state index in [0.717, 1.165) is 30.9 Å². The van der Waals surface area contributed by atoms with E-state index in [2.05, 4.69) is 16.9 Å². The molecule has 0 aliphatic carbocycles. The van der Waals surface area contributed by atoms with Crippen LogP contribution in [0.15, 0.2) is 31.1 Å². The van der Waals surface area contributed by atoms with Crippen LogP contribution < -0.4 is 10.1 Å². The smallest absolute Gasteiger partial charge is 0.137 e. The van der Waals surface area contributed by atoms with E-state index in [0.29, 0.717) is 6.04 Å². The van der Waals surface area contributed by atoms with Gasteiger partial charge in [-0.25, -0.2) is 0 Å². The SMILES string of the molecule is C=CCc1cncc(OC[C@@H]2CCN2)c1.Cl. The summed E-state index contributed by atoms with van der Waals surface area (Å²) in [7, 11) is 0. The molecule has 2 rings (SSSR count). The summed E-state index contributed by atoms with van der Waals surface area (Å²) in [5, 5.41) is 3.29.